The van der Waals surface area contributed by atoms with Gasteiger partial charge in [0.05, 0.1) is 0 Å². The number of thioether (sulfide) groups is 1. The molecule has 2 unspecified atom stereocenters. The number of nitrogens with two attached hydrogens (primary N) is 1. The monoisotopic (exact) mass is 245 g/mol. The first-order valence-corrected chi connectivity index (χ1v) is 6.92. The van der Waals surface area contributed by atoms with Crippen LogP contribution >= 0.6 is 11.8 Å². The van der Waals surface area contributed by atoms with Gasteiger partial charge in [-0.25, -0.2) is 0 Å². The molecule has 2 atom stereocenters. The molecule has 94 valence electrons. The zero-order chi connectivity index (χ0) is 12.0. The molecule has 0 spiro atoms. The minimum absolute atomic E-state index is 0.309. The average Bonchev–Trinajstić information content (AvgIpc) is 2.71. The number of nitrogens with one attached hydrogen (secondary N) is 1. The highest BCUT2D eigenvalue weighted by Gasteiger charge is 2.29. The zero-order valence-electron chi connectivity index (χ0n) is 10.2. The molecule has 0 aromatic rings. The number of rotatable bonds is 6. The minimum atomic E-state index is 0.309. The second-order valence-electron chi connectivity index (χ2n) is 4.68. The van der Waals surface area contributed by atoms with Crippen LogP contribution < -0.4 is 11.1 Å². The van der Waals surface area contributed by atoms with Crippen molar-refractivity contribution < 1.29 is 5.21 Å². The van der Waals surface area contributed by atoms with Gasteiger partial charge in [-0.3, -0.25) is 0 Å². The highest BCUT2D eigenvalue weighted by molar-refractivity contribution is 8.00. The Labute approximate surface area is 102 Å². The van der Waals surface area contributed by atoms with Crippen molar-refractivity contribution in [3.63, 3.8) is 0 Å². The van der Waals surface area contributed by atoms with Crippen molar-refractivity contribution in [3.05, 3.63) is 0 Å². The van der Waals surface area contributed by atoms with Crippen molar-refractivity contribution in [2.24, 2.45) is 10.9 Å². The zero-order valence-corrected chi connectivity index (χ0v) is 11.0. The van der Waals surface area contributed by atoms with Gasteiger partial charge in [0.2, 0.25) is 0 Å². The summed E-state index contributed by atoms with van der Waals surface area (Å²) in [4.78, 5) is 0. The van der Waals surface area contributed by atoms with E-state index in [0.29, 0.717) is 23.0 Å². The molecule has 1 aliphatic rings. The van der Waals surface area contributed by atoms with Crippen LogP contribution in [0.5, 0.6) is 0 Å². The third-order valence-electron chi connectivity index (χ3n) is 3.14. The molecule has 0 bridgehead atoms. The quantitative estimate of drug-likeness (QED) is 0.289. The maximum atomic E-state index is 8.54. The SMILES string of the molecule is CCC(CC(N)=NO)NCC1(C)CCCS1. The molecule has 4 N–H and O–H groups in total. The summed E-state index contributed by atoms with van der Waals surface area (Å²) in [6.45, 7) is 5.44. The lowest BCUT2D eigenvalue weighted by Gasteiger charge is -2.26. The lowest BCUT2D eigenvalue weighted by Crippen LogP contribution is -2.41. The lowest BCUT2D eigenvalue weighted by molar-refractivity contribution is 0.315. The Morgan fingerprint density at radius 2 is 2.44 bits per heavy atom. The molecule has 1 heterocycles. The summed E-state index contributed by atoms with van der Waals surface area (Å²) in [6, 6.07) is 0.314. The number of nitrogens with zero attached hydrogens (tertiary/aromatic N) is 1. The van der Waals surface area contributed by atoms with Crippen molar-refractivity contribution in [1.29, 1.82) is 0 Å². The number of oxime groups is 1. The van der Waals surface area contributed by atoms with Crippen LogP contribution in [-0.4, -0.2) is 34.1 Å². The summed E-state index contributed by atoms with van der Waals surface area (Å²) in [5.41, 5.74) is 5.52. The fourth-order valence-electron chi connectivity index (χ4n) is 1.99. The van der Waals surface area contributed by atoms with Crippen molar-refractivity contribution in [2.75, 3.05) is 12.3 Å². The van der Waals surface area contributed by atoms with E-state index in [-0.39, 0.29) is 0 Å². The van der Waals surface area contributed by atoms with Crippen molar-refractivity contribution in [3.8, 4) is 0 Å². The molecule has 0 aromatic heterocycles. The second kappa shape index (κ2) is 6.35. The van der Waals surface area contributed by atoms with E-state index in [1.807, 2.05) is 11.8 Å². The summed E-state index contributed by atoms with van der Waals surface area (Å²) in [6.07, 6.45) is 4.22. The normalized spacial score (nSPS) is 28.2. The largest absolute Gasteiger partial charge is 0.409 e. The maximum Gasteiger partial charge on any atom is 0.140 e. The molecule has 0 aliphatic carbocycles. The average molecular weight is 245 g/mol. The number of amidine groups is 1. The van der Waals surface area contributed by atoms with Gasteiger partial charge in [0.1, 0.15) is 5.84 Å². The fraction of sp³-hybridized carbons (Fsp3) is 0.909. The molecule has 0 saturated carbocycles. The van der Waals surface area contributed by atoms with Gasteiger partial charge in [0, 0.05) is 23.8 Å². The van der Waals surface area contributed by atoms with Crippen LogP contribution in [0.4, 0.5) is 0 Å². The molecule has 1 aliphatic heterocycles. The van der Waals surface area contributed by atoms with E-state index < -0.39 is 0 Å². The van der Waals surface area contributed by atoms with E-state index in [1.165, 1.54) is 18.6 Å². The van der Waals surface area contributed by atoms with Crippen molar-refractivity contribution in [2.45, 2.75) is 50.3 Å². The third kappa shape index (κ3) is 4.22. The van der Waals surface area contributed by atoms with E-state index in [9.17, 15) is 0 Å². The van der Waals surface area contributed by atoms with E-state index in [1.54, 1.807) is 0 Å². The van der Waals surface area contributed by atoms with Crippen molar-refractivity contribution >= 4 is 17.6 Å². The number of hydrogen-bond donors (Lipinski definition) is 3. The van der Waals surface area contributed by atoms with Crippen LogP contribution in [0.1, 0.15) is 39.5 Å². The predicted octanol–water partition coefficient (Wildman–Crippen LogP) is 1.78. The number of hydrogen-bond acceptors (Lipinski definition) is 4. The summed E-state index contributed by atoms with van der Waals surface area (Å²) < 4.78 is 0.374. The molecular formula is C11H23N3OS. The van der Waals surface area contributed by atoms with Crippen LogP contribution in [0, 0.1) is 0 Å². The van der Waals surface area contributed by atoms with Crippen molar-refractivity contribution in [1.82, 2.24) is 5.32 Å². The molecular weight excluding hydrogens is 222 g/mol. The second-order valence-corrected chi connectivity index (χ2v) is 6.37. The molecule has 1 saturated heterocycles. The topological polar surface area (TPSA) is 70.6 Å². The summed E-state index contributed by atoms with van der Waals surface area (Å²) >= 11 is 2.05. The van der Waals surface area contributed by atoms with Crippen LogP contribution in [0.2, 0.25) is 0 Å². The fourth-order valence-corrected chi connectivity index (χ4v) is 3.25. The Balaban J connectivity index is 2.33. The van der Waals surface area contributed by atoms with E-state index in [2.05, 4.69) is 24.3 Å². The van der Waals surface area contributed by atoms with Gasteiger partial charge >= 0.3 is 0 Å². The standard InChI is InChI=1S/C11H23N3OS/c1-3-9(7-10(12)14-15)13-8-11(2)5-4-6-16-11/h9,13,15H,3-8H2,1-2H3,(H2,12,14). The van der Waals surface area contributed by atoms with E-state index in [0.717, 1.165) is 13.0 Å². The van der Waals surface area contributed by atoms with Gasteiger partial charge in [-0.15, -0.1) is 0 Å². The first-order chi connectivity index (χ1) is 7.59. The third-order valence-corrected chi connectivity index (χ3v) is 4.68. The molecule has 0 amide bonds. The molecule has 1 rings (SSSR count). The first-order valence-electron chi connectivity index (χ1n) is 5.93. The van der Waals surface area contributed by atoms with Crippen LogP contribution in [0.25, 0.3) is 0 Å². The Morgan fingerprint density at radius 3 is 2.94 bits per heavy atom. The highest BCUT2D eigenvalue weighted by Crippen LogP contribution is 2.37. The van der Waals surface area contributed by atoms with Gasteiger partial charge in [0.15, 0.2) is 0 Å². The maximum absolute atomic E-state index is 8.54. The predicted molar refractivity (Wildman–Crippen MR) is 70.2 cm³/mol. The molecule has 0 aromatic carbocycles. The smallest absolute Gasteiger partial charge is 0.140 e. The summed E-state index contributed by atoms with van der Waals surface area (Å²) in [5, 5.41) is 15.1. The Kier molecular flexibility index (Phi) is 5.41. The molecule has 16 heavy (non-hydrogen) atoms. The molecule has 1 fully saturated rings. The van der Waals surface area contributed by atoms with Gasteiger partial charge in [0.25, 0.3) is 0 Å². The lowest BCUT2D eigenvalue weighted by atomic mass is 10.0. The highest BCUT2D eigenvalue weighted by atomic mass is 32.2. The Morgan fingerprint density at radius 1 is 1.69 bits per heavy atom. The van der Waals surface area contributed by atoms with Crippen LogP contribution in [-0.2, 0) is 0 Å². The molecule has 5 heteroatoms. The molecule has 4 nitrogen and oxygen atoms in total. The van der Waals surface area contributed by atoms with Crippen LogP contribution in [0.15, 0.2) is 5.16 Å². The van der Waals surface area contributed by atoms with Gasteiger partial charge < -0.3 is 16.3 Å². The Bertz CT molecular complexity index is 239. The van der Waals surface area contributed by atoms with Gasteiger partial charge in [-0.1, -0.05) is 12.1 Å². The van der Waals surface area contributed by atoms with Crippen LogP contribution in [0.3, 0.4) is 0 Å². The van der Waals surface area contributed by atoms with E-state index in [4.69, 9.17) is 10.9 Å². The van der Waals surface area contributed by atoms with Gasteiger partial charge in [-0.05, 0) is 31.9 Å². The minimum Gasteiger partial charge on any atom is -0.409 e. The van der Waals surface area contributed by atoms with E-state index >= 15 is 0 Å². The summed E-state index contributed by atoms with van der Waals surface area (Å²) in [7, 11) is 0. The van der Waals surface area contributed by atoms with Gasteiger partial charge in [-0.2, -0.15) is 11.8 Å². The Hall–Kier alpha value is -0.420. The molecule has 0 radical (unpaired) electrons. The first kappa shape index (κ1) is 13.6. The summed E-state index contributed by atoms with van der Waals surface area (Å²) in [5.74, 6) is 1.58.